The first-order chi connectivity index (χ1) is 13.2. The van der Waals surface area contributed by atoms with E-state index in [0.717, 1.165) is 67.1 Å². The average molecular weight is 381 g/mol. The first kappa shape index (κ1) is 16.6. The van der Waals surface area contributed by atoms with Gasteiger partial charge in [0, 0.05) is 37.4 Å². The van der Waals surface area contributed by atoms with Crippen LogP contribution < -0.4 is 4.90 Å². The molecule has 5 nitrogen and oxygen atoms in total. The standard InChI is InChI=1S/C21H21ClN4O/c22-17-8-7-15(26-12-14(13-26)21(27)25-9-3-4-10-25)11-16(17)20-23-18-5-1-2-6-19(18)24-20/h1-2,5-8,11,14H,3-4,9-10,12-13H2,(H,23,24). The van der Waals surface area contributed by atoms with Crippen molar-refractivity contribution in [2.45, 2.75) is 12.8 Å². The van der Waals surface area contributed by atoms with Crippen molar-refractivity contribution in [2.75, 3.05) is 31.1 Å². The second-order valence-electron chi connectivity index (χ2n) is 7.40. The summed E-state index contributed by atoms with van der Waals surface area (Å²) in [4.78, 5) is 24.8. The van der Waals surface area contributed by atoms with Crippen LogP contribution in [0.15, 0.2) is 42.5 Å². The highest BCUT2D eigenvalue weighted by atomic mass is 35.5. The lowest BCUT2D eigenvalue weighted by Crippen LogP contribution is -2.54. The van der Waals surface area contributed by atoms with Gasteiger partial charge in [-0.25, -0.2) is 4.98 Å². The molecule has 2 aliphatic rings. The molecule has 2 aliphatic heterocycles. The Balaban J connectivity index is 1.36. The summed E-state index contributed by atoms with van der Waals surface area (Å²) in [6.07, 6.45) is 2.28. The first-order valence-corrected chi connectivity index (χ1v) is 9.85. The van der Waals surface area contributed by atoms with E-state index in [4.69, 9.17) is 11.6 Å². The van der Waals surface area contributed by atoms with Gasteiger partial charge in [0.25, 0.3) is 0 Å². The number of imidazole rings is 1. The predicted octanol–water partition coefficient (Wildman–Crippen LogP) is 3.94. The van der Waals surface area contributed by atoms with Crippen molar-refractivity contribution < 1.29 is 4.79 Å². The summed E-state index contributed by atoms with van der Waals surface area (Å²) >= 11 is 6.45. The highest BCUT2D eigenvalue weighted by molar-refractivity contribution is 6.33. The molecular formula is C21H21ClN4O. The monoisotopic (exact) mass is 380 g/mol. The fourth-order valence-corrected chi connectivity index (χ4v) is 4.22. The molecule has 2 fully saturated rings. The van der Waals surface area contributed by atoms with E-state index in [0.29, 0.717) is 10.9 Å². The van der Waals surface area contributed by atoms with Crippen molar-refractivity contribution in [1.29, 1.82) is 0 Å². The number of likely N-dealkylation sites (tertiary alicyclic amines) is 1. The first-order valence-electron chi connectivity index (χ1n) is 9.47. The van der Waals surface area contributed by atoms with Crippen LogP contribution in [0, 0.1) is 5.92 Å². The molecule has 138 valence electrons. The lowest BCUT2D eigenvalue weighted by Gasteiger charge is -2.41. The summed E-state index contributed by atoms with van der Waals surface area (Å²) < 4.78 is 0. The minimum Gasteiger partial charge on any atom is -0.370 e. The zero-order valence-corrected chi connectivity index (χ0v) is 15.7. The number of benzene rings is 2. The van der Waals surface area contributed by atoms with Gasteiger partial charge in [0.15, 0.2) is 0 Å². The Morgan fingerprint density at radius 1 is 1.11 bits per heavy atom. The van der Waals surface area contributed by atoms with Crippen LogP contribution in [0.3, 0.4) is 0 Å². The lowest BCUT2D eigenvalue weighted by atomic mass is 9.97. The quantitative estimate of drug-likeness (QED) is 0.748. The van der Waals surface area contributed by atoms with Gasteiger partial charge in [0.2, 0.25) is 5.91 Å². The highest BCUT2D eigenvalue weighted by Gasteiger charge is 2.36. The molecule has 0 bridgehead atoms. The second-order valence-corrected chi connectivity index (χ2v) is 7.81. The van der Waals surface area contributed by atoms with Crippen molar-refractivity contribution in [3.05, 3.63) is 47.5 Å². The molecule has 0 spiro atoms. The highest BCUT2D eigenvalue weighted by Crippen LogP contribution is 2.34. The molecule has 0 unspecified atom stereocenters. The number of anilines is 1. The Kier molecular flexibility index (Phi) is 4.05. The number of para-hydroxylation sites is 2. The molecule has 1 amide bonds. The van der Waals surface area contributed by atoms with E-state index in [1.54, 1.807) is 0 Å². The number of fused-ring (bicyclic) bond motifs is 1. The topological polar surface area (TPSA) is 52.2 Å². The van der Waals surface area contributed by atoms with E-state index < -0.39 is 0 Å². The number of nitrogens with one attached hydrogen (secondary N) is 1. The third-order valence-electron chi connectivity index (χ3n) is 5.61. The van der Waals surface area contributed by atoms with Crippen LogP contribution in [-0.2, 0) is 4.79 Å². The van der Waals surface area contributed by atoms with Crippen LogP contribution in [0.4, 0.5) is 5.69 Å². The number of carbonyl (C=O) groups is 1. The van der Waals surface area contributed by atoms with Crippen LogP contribution in [-0.4, -0.2) is 47.0 Å². The van der Waals surface area contributed by atoms with Gasteiger partial charge in [0.05, 0.1) is 22.0 Å². The minimum atomic E-state index is 0.119. The van der Waals surface area contributed by atoms with Crippen LogP contribution in [0.2, 0.25) is 5.02 Å². The van der Waals surface area contributed by atoms with Crippen molar-refractivity contribution in [1.82, 2.24) is 14.9 Å². The maximum absolute atomic E-state index is 12.5. The van der Waals surface area contributed by atoms with E-state index in [2.05, 4.69) is 20.9 Å². The van der Waals surface area contributed by atoms with Crippen LogP contribution in [0.5, 0.6) is 0 Å². The summed E-state index contributed by atoms with van der Waals surface area (Å²) in [5.74, 6) is 1.21. The van der Waals surface area contributed by atoms with Crippen molar-refractivity contribution in [3.63, 3.8) is 0 Å². The normalized spacial score (nSPS) is 17.5. The Morgan fingerprint density at radius 2 is 1.89 bits per heavy atom. The second kappa shape index (κ2) is 6.57. The number of nitrogens with zero attached hydrogens (tertiary/aromatic N) is 3. The molecule has 27 heavy (non-hydrogen) atoms. The molecule has 0 aliphatic carbocycles. The largest absolute Gasteiger partial charge is 0.370 e. The molecule has 3 heterocycles. The number of amides is 1. The van der Waals surface area contributed by atoms with Gasteiger partial charge < -0.3 is 14.8 Å². The molecule has 0 atom stereocenters. The number of carbonyl (C=O) groups excluding carboxylic acids is 1. The fourth-order valence-electron chi connectivity index (χ4n) is 4.01. The van der Waals surface area contributed by atoms with Crippen molar-refractivity contribution in [2.24, 2.45) is 5.92 Å². The lowest BCUT2D eigenvalue weighted by molar-refractivity contribution is -0.135. The van der Waals surface area contributed by atoms with E-state index in [1.165, 1.54) is 0 Å². The Bertz CT molecular complexity index is 969. The molecule has 1 aromatic heterocycles. The number of rotatable bonds is 3. The average Bonchev–Trinajstić information content (AvgIpc) is 3.31. The maximum atomic E-state index is 12.5. The van der Waals surface area contributed by atoms with Gasteiger partial charge in [-0.1, -0.05) is 23.7 Å². The third kappa shape index (κ3) is 2.96. The number of hydrogen-bond acceptors (Lipinski definition) is 3. The number of aromatic nitrogens is 2. The molecule has 0 radical (unpaired) electrons. The van der Waals surface area contributed by atoms with E-state index in [-0.39, 0.29) is 5.92 Å². The molecular weight excluding hydrogens is 360 g/mol. The summed E-state index contributed by atoms with van der Waals surface area (Å²) in [5, 5.41) is 0.669. The molecule has 2 aromatic carbocycles. The van der Waals surface area contributed by atoms with Gasteiger partial charge in [-0.2, -0.15) is 0 Å². The Morgan fingerprint density at radius 3 is 2.67 bits per heavy atom. The summed E-state index contributed by atoms with van der Waals surface area (Å²) in [6.45, 7) is 3.39. The van der Waals surface area contributed by atoms with Crippen LogP contribution in [0.25, 0.3) is 22.4 Å². The number of H-pyrrole nitrogens is 1. The molecule has 6 heteroatoms. The zero-order chi connectivity index (χ0) is 18.4. The molecule has 2 saturated heterocycles. The van der Waals surface area contributed by atoms with Crippen LogP contribution in [0.1, 0.15) is 12.8 Å². The smallest absolute Gasteiger partial charge is 0.229 e. The number of hydrogen-bond donors (Lipinski definition) is 1. The molecule has 0 saturated carbocycles. The summed E-state index contributed by atoms with van der Waals surface area (Å²) in [6, 6.07) is 13.9. The zero-order valence-electron chi connectivity index (χ0n) is 15.0. The van der Waals surface area contributed by atoms with Gasteiger partial charge in [-0.05, 0) is 43.2 Å². The fraction of sp³-hybridized carbons (Fsp3) is 0.333. The Labute approximate surface area is 162 Å². The molecule has 1 N–H and O–H groups in total. The number of halogens is 1. The maximum Gasteiger partial charge on any atom is 0.229 e. The summed E-state index contributed by atoms with van der Waals surface area (Å²) in [7, 11) is 0. The molecule has 5 rings (SSSR count). The Hall–Kier alpha value is -2.53. The van der Waals surface area contributed by atoms with Gasteiger partial charge in [-0.15, -0.1) is 0 Å². The SMILES string of the molecule is O=C(C1CN(c2ccc(Cl)c(-c3nc4ccccc4[nH]3)c2)C1)N1CCCC1. The van der Waals surface area contributed by atoms with E-state index in [1.807, 2.05) is 41.3 Å². The number of aromatic amines is 1. The van der Waals surface area contributed by atoms with Gasteiger partial charge in [-0.3, -0.25) is 4.79 Å². The predicted molar refractivity (Wildman–Crippen MR) is 108 cm³/mol. The van der Waals surface area contributed by atoms with Crippen molar-refractivity contribution in [3.8, 4) is 11.4 Å². The van der Waals surface area contributed by atoms with E-state index >= 15 is 0 Å². The minimum absolute atomic E-state index is 0.119. The molecule has 3 aromatic rings. The summed E-state index contributed by atoms with van der Waals surface area (Å²) in [5.41, 5.74) is 3.89. The van der Waals surface area contributed by atoms with Gasteiger partial charge in [0.1, 0.15) is 5.82 Å². The van der Waals surface area contributed by atoms with E-state index in [9.17, 15) is 4.79 Å². The van der Waals surface area contributed by atoms with Crippen molar-refractivity contribution >= 4 is 34.2 Å². The third-order valence-corrected chi connectivity index (χ3v) is 5.94. The van der Waals surface area contributed by atoms with Crippen LogP contribution >= 0.6 is 11.6 Å². The van der Waals surface area contributed by atoms with Gasteiger partial charge >= 0.3 is 0 Å².